The van der Waals surface area contributed by atoms with E-state index in [-0.39, 0.29) is 0 Å². The summed E-state index contributed by atoms with van der Waals surface area (Å²) in [6, 6.07) is 0. The van der Waals surface area contributed by atoms with Crippen molar-refractivity contribution in [3.8, 4) is 0 Å². The van der Waals surface area contributed by atoms with E-state index in [1.807, 2.05) is 13.8 Å². The zero-order chi connectivity index (χ0) is 11.0. The Labute approximate surface area is 91.5 Å². The second-order valence-electron chi connectivity index (χ2n) is 4.34. The lowest BCUT2D eigenvalue weighted by molar-refractivity contribution is 0.139. The molecule has 0 heteroatoms. The van der Waals surface area contributed by atoms with Gasteiger partial charge in [-0.25, -0.2) is 0 Å². The van der Waals surface area contributed by atoms with Gasteiger partial charge in [0.1, 0.15) is 0 Å². The Bertz CT molecular complexity index is 105. The molecule has 0 aromatic rings. The average molecular weight is 198 g/mol. The summed E-state index contributed by atoms with van der Waals surface area (Å²) in [4.78, 5) is 0. The van der Waals surface area contributed by atoms with Crippen LogP contribution in [0, 0.1) is 17.8 Å². The molecule has 0 spiro atoms. The predicted octanol–water partition coefficient (Wildman–Crippen LogP) is 5.28. The third kappa shape index (κ3) is 3.63. The largest absolute Gasteiger partial charge is 0.0683 e. The topological polar surface area (TPSA) is 0 Å². The Morgan fingerprint density at radius 1 is 0.786 bits per heavy atom. The minimum absolute atomic E-state index is 1.05. The molecule has 0 aromatic carbocycles. The van der Waals surface area contributed by atoms with E-state index < -0.39 is 0 Å². The molecular formula is C14H30. The van der Waals surface area contributed by atoms with E-state index in [9.17, 15) is 0 Å². The van der Waals surface area contributed by atoms with Crippen LogP contribution in [0.15, 0.2) is 0 Å². The summed E-state index contributed by atoms with van der Waals surface area (Å²) < 4.78 is 0. The maximum absolute atomic E-state index is 2.38. The SMILES string of the molecule is CC.CCC1CCCC(CC)C1CC. The van der Waals surface area contributed by atoms with E-state index in [1.54, 1.807) is 0 Å². The molecule has 86 valence electrons. The fourth-order valence-electron chi connectivity index (χ4n) is 3.14. The molecule has 0 amide bonds. The Morgan fingerprint density at radius 2 is 1.21 bits per heavy atom. The maximum atomic E-state index is 2.38. The van der Waals surface area contributed by atoms with Crippen LogP contribution in [0.5, 0.6) is 0 Å². The normalized spacial score (nSPS) is 31.9. The molecule has 1 rings (SSSR count). The van der Waals surface area contributed by atoms with Crippen molar-refractivity contribution in [1.29, 1.82) is 0 Å². The second-order valence-corrected chi connectivity index (χ2v) is 4.34. The Kier molecular flexibility index (Phi) is 8.32. The summed E-state index contributed by atoms with van der Waals surface area (Å²) in [7, 11) is 0. The van der Waals surface area contributed by atoms with Crippen molar-refractivity contribution in [1.82, 2.24) is 0 Å². The Balaban J connectivity index is 0.000000791. The van der Waals surface area contributed by atoms with Gasteiger partial charge in [-0.3, -0.25) is 0 Å². The molecule has 1 aliphatic rings. The van der Waals surface area contributed by atoms with Crippen LogP contribution in [0.25, 0.3) is 0 Å². The predicted molar refractivity (Wildman–Crippen MR) is 66.5 cm³/mol. The number of hydrogen-bond donors (Lipinski definition) is 0. The van der Waals surface area contributed by atoms with E-state index >= 15 is 0 Å². The van der Waals surface area contributed by atoms with Gasteiger partial charge in [0.15, 0.2) is 0 Å². The maximum Gasteiger partial charge on any atom is -0.0360 e. The second kappa shape index (κ2) is 8.32. The third-order valence-corrected chi connectivity index (χ3v) is 3.88. The summed E-state index contributed by atoms with van der Waals surface area (Å²) in [6.07, 6.45) is 8.74. The van der Waals surface area contributed by atoms with Crippen molar-refractivity contribution >= 4 is 0 Å². The van der Waals surface area contributed by atoms with Crippen molar-refractivity contribution < 1.29 is 0 Å². The highest BCUT2D eigenvalue weighted by molar-refractivity contribution is 4.79. The van der Waals surface area contributed by atoms with Crippen LogP contribution in [0.1, 0.15) is 73.1 Å². The summed E-state index contributed by atoms with van der Waals surface area (Å²) in [5, 5.41) is 0. The molecule has 14 heavy (non-hydrogen) atoms. The molecule has 1 fully saturated rings. The first kappa shape index (κ1) is 14.0. The van der Waals surface area contributed by atoms with E-state index in [4.69, 9.17) is 0 Å². The van der Waals surface area contributed by atoms with Crippen molar-refractivity contribution in [2.45, 2.75) is 73.1 Å². The zero-order valence-corrected chi connectivity index (χ0v) is 11.0. The van der Waals surface area contributed by atoms with Crippen molar-refractivity contribution in [2.24, 2.45) is 17.8 Å². The van der Waals surface area contributed by atoms with Gasteiger partial charge in [0.25, 0.3) is 0 Å². The highest BCUT2D eigenvalue weighted by Crippen LogP contribution is 2.39. The first-order valence-corrected chi connectivity index (χ1v) is 6.83. The summed E-state index contributed by atoms with van der Waals surface area (Å²) in [5.41, 5.74) is 0. The summed E-state index contributed by atoms with van der Waals surface area (Å²) in [6.45, 7) is 11.1. The number of rotatable bonds is 3. The van der Waals surface area contributed by atoms with Crippen LogP contribution in [-0.2, 0) is 0 Å². The lowest BCUT2D eigenvalue weighted by atomic mass is 9.69. The molecule has 1 aliphatic carbocycles. The van der Waals surface area contributed by atoms with Crippen molar-refractivity contribution in [2.75, 3.05) is 0 Å². The molecule has 0 heterocycles. The highest BCUT2D eigenvalue weighted by atomic mass is 14.3. The van der Waals surface area contributed by atoms with Crippen LogP contribution in [0.3, 0.4) is 0 Å². The minimum atomic E-state index is 1.05. The van der Waals surface area contributed by atoms with Gasteiger partial charge in [0.05, 0.1) is 0 Å². The lowest BCUT2D eigenvalue weighted by Crippen LogP contribution is -2.27. The minimum Gasteiger partial charge on any atom is -0.0683 e. The fraction of sp³-hybridized carbons (Fsp3) is 1.00. The number of hydrogen-bond acceptors (Lipinski definition) is 0. The Hall–Kier alpha value is 0. The van der Waals surface area contributed by atoms with Crippen LogP contribution in [-0.4, -0.2) is 0 Å². The monoisotopic (exact) mass is 198 g/mol. The van der Waals surface area contributed by atoms with Crippen LogP contribution in [0.4, 0.5) is 0 Å². The van der Waals surface area contributed by atoms with E-state index in [0.29, 0.717) is 0 Å². The van der Waals surface area contributed by atoms with Gasteiger partial charge in [-0.05, 0) is 17.8 Å². The summed E-state index contributed by atoms with van der Waals surface area (Å²) in [5.74, 6) is 3.15. The molecule has 0 aliphatic heterocycles. The molecule has 2 unspecified atom stereocenters. The lowest BCUT2D eigenvalue weighted by Gasteiger charge is -2.37. The smallest absolute Gasteiger partial charge is 0.0360 e. The zero-order valence-electron chi connectivity index (χ0n) is 11.0. The first-order valence-electron chi connectivity index (χ1n) is 6.83. The first-order chi connectivity index (χ1) is 6.83. The molecule has 0 aromatic heterocycles. The molecular weight excluding hydrogens is 168 g/mol. The summed E-state index contributed by atoms with van der Waals surface area (Å²) >= 11 is 0. The molecule has 0 radical (unpaired) electrons. The van der Waals surface area contributed by atoms with Gasteiger partial charge in [-0.2, -0.15) is 0 Å². The van der Waals surface area contributed by atoms with Crippen LogP contribution in [0.2, 0.25) is 0 Å². The van der Waals surface area contributed by atoms with Gasteiger partial charge < -0.3 is 0 Å². The molecule has 1 saturated carbocycles. The van der Waals surface area contributed by atoms with E-state index in [1.165, 1.54) is 38.5 Å². The van der Waals surface area contributed by atoms with Crippen molar-refractivity contribution in [3.05, 3.63) is 0 Å². The standard InChI is InChI=1S/C12H24.C2H6/c1-4-10-8-7-9-11(5-2)12(10)6-3;1-2/h10-12H,4-9H2,1-3H3;1-2H3. The molecule has 0 N–H and O–H groups in total. The van der Waals surface area contributed by atoms with Gasteiger partial charge in [-0.1, -0.05) is 73.1 Å². The molecule has 0 bridgehead atoms. The fourth-order valence-corrected chi connectivity index (χ4v) is 3.14. The Morgan fingerprint density at radius 3 is 1.50 bits per heavy atom. The molecule has 2 atom stereocenters. The van der Waals surface area contributed by atoms with Crippen molar-refractivity contribution in [3.63, 3.8) is 0 Å². The van der Waals surface area contributed by atoms with Crippen LogP contribution >= 0.6 is 0 Å². The molecule has 0 nitrogen and oxygen atoms in total. The van der Waals surface area contributed by atoms with E-state index in [2.05, 4.69) is 20.8 Å². The average Bonchev–Trinajstić information content (AvgIpc) is 2.30. The molecule has 0 saturated heterocycles. The third-order valence-electron chi connectivity index (χ3n) is 3.88. The quantitative estimate of drug-likeness (QED) is 0.579. The highest BCUT2D eigenvalue weighted by Gasteiger charge is 2.29. The van der Waals surface area contributed by atoms with Gasteiger partial charge in [-0.15, -0.1) is 0 Å². The van der Waals surface area contributed by atoms with Crippen LogP contribution < -0.4 is 0 Å². The van der Waals surface area contributed by atoms with Gasteiger partial charge in [0.2, 0.25) is 0 Å². The van der Waals surface area contributed by atoms with Gasteiger partial charge >= 0.3 is 0 Å². The van der Waals surface area contributed by atoms with E-state index in [0.717, 1.165) is 17.8 Å². The van der Waals surface area contributed by atoms with Gasteiger partial charge in [0, 0.05) is 0 Å².